The first-order chi connectivity index (χ1) is 13.1. The van der Waals surface area contributed by atoms with E-state index in [0.717, 1.165) is 25.7 Å². The van der Waals surface area contributed by atoms with Gasteiger partial charge in [-0.05, 0) is 55.9 Å². The van der Waals surface area contributed by atoms with Gasteiger partial charge in [-0.1, -0.05) is 36.4 Å². The van der Waals surface area contributed by atoms with Crippen LogP contribution in [0, 0.1) is 11.6 Å². The van der Waals surface area contributed by atoms with E-state index in [4.69, 9.17) is 9.47 Å². The second kappa shape index (κ2) is 9.14. The van der Waals surface area contributed by atoms with Crippen LogP contribution in [0.1, 0.15) is 44.1 Å². The van der Waals surface area contributed by atoms with Gasteiger partial charge in [-0.25, -0.2) is 4.39 Å². The molecule has 4 heteroatoms. The Morgan fingerprint density at radius 3 is 2.48 bits per heavy atom. The van der Waals surface area contributed by atoms with E-state index >= 15 is 0 Å². The number of methoxy groups -OCH3 is 1. The summed E-state index contributed by atoms with van der Waals surface area (Å²) in [7, 11) is 1.32. The summed E-state index contributed by atoms with van der Waals surface area (Å²) >= 11 is 0. The highest BCUT2D eigenvalue weighted by Gasteiger charge is 2.23. The smallest absolute Gasteiger partial charge is 0.201 e. The van der Waals surface area contributed by atoms with Gasteiger partial charge in [0, 0.05) is 11.5 Å². The molecule has 3 rings (SSSR count). The molecule has 144 valence electrons. The van der Waals surface area contributed by atoms with Gasteiger partial charge in [-0.15, -0.1) is 0 Å². The van der Waals surface area contributed by atoms with Crippen LogP contribution in [-0.2, 0) is 4.74 Å². The third-order valence-corrected chi connectivity index (χ3v) is 5.22. The average Bonchev–Trinajstić information content (AvgIpc) is 2.71. The summed E-state index contributed by atoms with van der Waals surface area (Å²) < 4.78 is 39.1. The largest absolute Gasteiger partial charge is 0.494 e. The summed E-state index contributed by atoms with van der Waals surface area (Å²) in [4.78, 5) is 0. The first kappa shape index (κ1) is 19.6. The molecule has 2 unspecified atom stereocenters. The van der Waals surface area contributed by atoms with E-state index in [-0.39, 0.29) is 11.3 Å². The van der Waals surface area contributed by atoms with E-state index in [1.807, 2.05) is 31.2 Å². The summed E-state index contributed by atoms with van der Waals surface area (Å²) in [6.45, 7) is 2.75. The van der Waals surface area contributed by atoms with E-state index < -0.39 is 11.6 Å². The van der Waals surface area contributed by atoms with Crippen LogP contribution in [0.2, 0.25) is 0 Å². The second-order valence-corrected chi connectivity index (χ2v) is 6.94. The molecular formula is C23H26F2O2. The van der Waals surface area contributed by atoms with Crippen molar-refractivity contribution >= 4 is 0 Å². The minimum absolute atomic E-state index is 0.0868. The molecule has 0 aromatic heterocycles. The number of ether oxygens (including phenoxy) is 2. The Kier molecular flexibility index (Phi) is 6.62. The molecule has 1 heterocycles. The third kappa shape index (κ3) is 4.56. The zero-order chi connectivity index (χ0) is 19.2. The minimum atomic E-state index is -0.955. The lowest BCUT2D eigenvalue weighted by Gasteiger charge is -2.29. The number of allylic oxidation sites excluding steroid dienone is 2. The highest BCUT2D eigenvalue weighted by molar-refractivity contribution is 5.65. The Labute approximate surface area is 159 Å². The summed E-state index contributed by atoms with van der Waals surface area (Å²) in [6.07, 6.45) is 8.87. The molecule has 0 spiro atoms. The molecule has 0 saturated carbocycles. The molecule has 1 fully saturated rings. The maximum atomic E-state index is 14.3. The fraction of sp³-hybridized carbons (Fsp3) is 0.391. The van der Waals surface area contributed by atoms with Crippen LogP contribution >= 0.6 is 0 Å². The van der Waals surface area contributed by atoms with Gasteiger partial charge in [0.2, 0.25) is 5.82 Å². The fourth-order valence-corrected chi connectivity index (χ4v) is 3.59. The van der Waals surface area contributed by atoms with E-state index in [9.17, 15) is 8.78 Å². The van der Waals surface area contributed by atoms with Crippen LogP contribution in [0.4, 0.5) is 8.78 Å². The monoisotopic (exact) mass is 372 g/mol. The summed E-state index contributed by atoms with van der Waals surface area (Å²) in [5, 5.41) is 0. The zero-order valence-corrected chi connectivity index (χ0v) is 15.9. The van der Waals surface area contributed by atoms with Gasteiger partial charge < -0.3 is 9.47 Å². The Morgan fingerprint density at radius 2 is 1.85 bits per heavy atom. The van der Waals surface area contributed by atoms with Crippen molar-refractivity contribution in [3.8, 4) is 16.9 Å². The van der Waals surface area contributed by atoms with Crippen LogP contribution in [-0.4, -0.2) is 19.8 Å². The number of hydrogen-bond donors (Lipinski definition) is 0. The van der Waals surface area contributed by atoms with Crippen molar-refractivity contribution in [2.45, 2.75) is 44.6 Å². The molecule has 0 N–H and O–H groups in total. The lowest BCUT2D eigenvalue weighted by atomic mass is 9.89. The van der Waals surface area contributed by atoms with E-state index in [1.165, 1.54) is 18.7 Å². The molecule has 2 atom stereocenters. The van der Waals surface area contributed by atoms with E-state index in [1.54, 1.807) is 6.07 Å². The normalized spacial score (nSPS) is 20.1. The van der Waals surface area contributed by atoms with E-state index in [2.05, 4.69) is 12.2 Å². The minimum Gasteiger partial charge on any atom is -0.494 e. The van der Waals surface area contributed by atoms with Crippen molar-refractivity contribution in [2.75, 3.05) is 13.7 Å². The average molecular weight is 372 g/mol. The topological polar surface area (TPSA) is 18.5 Å². The molecule has 1 aliphatic heterocycles. The van der Waals surface area contributed by atoms with Gasteiger partial charge in [0.15, 0.2) is 11.6 Å². The number of hydrogen-bond acceptors (Lipinski definition) is 2. The standard InChI is InChI=1S/C23H26F2O2/c1-3-4-5-6-19-12-11-18(15-27-19)16-7-9-17(10-8-16)20-13-14-21(26-2)23(25)22(20)24/h3-4,7-10,13-14,18-19H,5-6,11-12,15H2,1-2H3. The number of rotatable bonds is 6. The van der Waals surface area contributed by atoms with Gasteiger partial charge in [0.25, 0.3) is 0 Å². The van der Waals surface area contributed by atoms with Crippen molar-refractivity contribution in [3.05, 3.63) is 65.7 Å². The predicted octanol–water partition coefficient (Wildman–Crippen LogP) is 6.26. The van der Waals surface area contributed by atoms with Gasteiger partial charge in [-0.3, -0.25) is 0 Å². The summed E-state index contributed by atoms with van der Waals surface area (Å²) in [6, 6.07) is 10.7. The fourth-order valence-electron chi connectivity index (χ4n) is 3.59. The summed E-state index contributed by atoms with van der Waals surface area (Å²) in [5.41, 5.74) is 2.07. The Hall–Kier alpha value is -2.20. The number of benzene rings is 2. The molecule has 1 saturated heterocycles. The van der Waals surface area contributed by atoms with Crippen molar-refractivity contribution in [1.82, 2.24) is 0 Å². The maximum Gasteiger partial charge on any atom is 0.201 e. The van der Waals surface area contributed by atoms with Crippen LogP contribution in [0.5, 0.6) is 5.75 Å². The molecule has 2 nitrogen and oxygen atoms in total. The van der Waals surface area contributed by atoms with Crippen molar-refractivity contribution < 1.29 is 18.3 Å². The Bertz CT molecular complexity index is 776. The molecule has 1 aliphatic rings. The Morgan fingerprint density at radius 1 is 1.07 bits per heavy atom. The quantitative estimate of drug-likeness (QED) is 0.557. The van der Waals surface area contributed by atoms with Gasteiger partial charge in [0.05, 0.1) is 19.8 Å². The lowest BCUT2D eigenvalue weighted by Crippen LogP contribution is -2.24. The molecule has 2 aromatic carbocycles. The molecule has 0 amide bonds. The molecular weight excluding hydrogens is 346 g/mol. The Balaban J connectivity index is 1.66. The van der Waals surface area contributed by atoms with Gasteiger partial charge in [-0.2, -0.15) is 4.39 Å². The van der Waals surface area contributed by atoms with Gasteiger partial charge >= 0.3 is 0 Å². The zero-order valence-electron chi connectivity index (χ0n) is 15.9. The van der Waals surface area contributed by atoms with Crippen LogP contribution in [0.3, 0.4) is 0 Å². The third-order valence-electron chi connectivity index (χ3n) is 5.22. The van der Waals surface area contributed by atoms with Crippen molar-refractivity contribution in [3.63, 3.8) is 0 Å². The molecule has 0 radical (unpaired) electrons. The first-order valence-corrected chi connectivity index (χ1v) is 9.49. The lowest BCUT2D eigenvalue weighted by molar-refractivity contribution is -0.000184. The highest BCUT2D eigenvalue weighted by Crippen LogP contribution is 2.33. The predicted molar refractivity (Wildman–Crippen MR) is 104 cm³/mol. The summed E-state index contributed by atoms with van der Waals surface area (Å²) in [5.74, 6) is -1.57. The molecule has 0 bridgehead atoms. The SMILES string of the molecule is CC=CCCC1CCC(c2ccc(-c3ccc(OC)c(F)c3F)cc2)CO1. The second-order valence-electron chi connectivity index (χ2n) is 6.94. The van der Waals surface area contributed by atoms with Crippen LogP contribution in [0.15, 0.2) is 48.6 Å². The van der Waals surface area contributed by atoms with E-state index in [0.29, 0.717) is 24.2 Å². The van der Waals surface area contributed by atoms with Crippen LogP contribution < -0.4 is 4.74 Å². The number of halogens is 2. The van der Waals surface area contributed by atoms with Crippen LogP contribution in [0.25, 0.3) is 11.1 Å². The maximum absolute atomic E-state index is 14.3. The van der Waals surface area contributed by atoms with Gasteiger partial charge in [0.1, 0.15) is 0 Å². The highest BCUT2D eigenvalue weighted by atomic mass is 19.2. The molecule has 2 aromatic rings. The first-order valence-electron chi connectivity index (χ1n) is 9.49. The van der Waals surface area contributed by atoms with Crippen molar-refractivity contribution in [1.29, 1.82) is 0 Å². The molecule has 0 aliphatic carbocycles. The molecule has 27 heavy (non-hydrogen) atoms. The van der Waals surface area contributed by atoms with Crippen molar-refractivity contribution in [2.24, 2.45) is 0 Å².